The van der Waals surface area contributed by atoms with Gasteiger partial charge in [-0.25, -0.2) is 0 Å². The minimum atomic E-state index is 0.499. The Bertz CT molecular complexity index is 525. The first-order valence-electron chi connectivity index (χ1n) is 5.46. The summed E-state index contributed by atoms with van der Waals surface area (Å²) in [5, 5.41) is 16.0. The number of pyridine rings is 1. The first-order valence-corrected chi connectivity index (χ1v) is 6.45. The predicted octanol–water partition coefficient (Wildman–Crippen LogP) is 1.87. The van der Waals surface area contributed by atoms with Gasteiger partial charge in [-0.05, 0) is 30.7 Å². The van der Waals surface area contributed by atoms with Gasteiger partial charge >= 0.3 is 0 Å². The molecule has 17 heavy (non-hydrogen) atoms. The van der Waals surface area contributed by atoms with Crippen LogP contribution in [0.2, 0.25) is 0 Å². The molecule has 0 radical (unpaired) electrons. The zero-order valence-corrected chi connectivity index (χ0v) is 9.89. The summed E-state index contributed by atoms with van der Waals surface area (Å²) in [6.45, 7) is 0. The maximum atomic E-state index is 11.4. The van der Waals surface area contributed by atoms with E-state index in [1.165, 1.54) is 18.0 Å². The Labute approximate surface area is 102 Å². The molecular weight excluding hydrogens is 238 g/mol. The van der Waals surface area contributed by atoms with Crippen LogP contribution in [0.1, 0.15) is 30.5 Å². The highest BCUT2D eigenvalue weighted by Crippen LogP contribution is 2.38. The zero-order valence-electron chi connectivity index (χ0n) is 9.07. The van der Waals surface area contributed by atoms with E-state index in [4.69, 9.17) is 4.52 Å². The van der Waals surface area contributed by atoms with Gasteiger partial charge in [-0.15, -0.1) is 0 Å². The molecule has 88 valence electrons. The molecule has 1 aliphatic rings. The first-order chi connectivity index (χ1) is 8.33. The van der Waals surface area contributed by atoms with Gasteiger partial charge < -0.3 is 9.73 Å². The van der Waals surface area contributed by atoms with Gasteiger partial charge in [-0.3, -0.25) is 0 Å². The van der Waals surface area contributed by atoms with Crippen molar-refractivity contribution in [1.29, 1.82) is 0 Å². The van der Waals surface area contributed by atoms with Crippen molar-refractivity contribution in [2.75, 3.05) is 0 Å². The Kier molecular flexibility index (Phi) is 2.72. The fourth-order valence-electron chi connectivity index (χ4n) is 1.49. The van der Waals surface area contributed by atoms with Crippen molar-refractivity contribution in [2.45, 2.75) is 29.5 Å². The molecule has 1 saturated carbocycles. The molecule has 0 aliphatic heterocycles. The number of aromatic nitrogens is 3. The third-order valence-electron chi connectivity index (χ3n) is 2.56. The highest BCUT2D eigenvalue weighted by atomic mass is 32.2. The molecule has 2 heterocycles. The van der Waals surface area contributed by atoms with Crippen LogP contribution in [0, 0.1) is 5.21 Å². The van der Waals surface area contributed by atoms with Gasteiger partial charge in [0.15, 0.2) is 12.0 Å². The first kappa shape index (κ1) is 10.6. The van der Waals surface area contributed by atoms with Crippen molar-refractivity contribution in [3.8, 4) is 0 Å². The molecule has 3 rings (SSSR count). The summed E-state index contributed by atoms with van der Waals surface area (Å²) in [6.07, 6.45) is 3.79. The summed E-state index contributed by atoms with van der Waals surface area (Å²) >= 11 is 1.40. The predicted molar refractivity (Wildman–Crippen MR) is 61.2 cm³/mol. The summed E-state index contributed by atoms with van der Waals surface area (Å²) in [7, 11) is 0. The van der Waals surface area contributed by atoms with Gasteiger partial charge in [0.2, 0.25) is 5.89 Å². The maximum absolute atomic E-state index is 11.4. The van der Waals surface area contributed by atoms with E-state index in [9.17, 15) is 5.21 Å². The van der Waals surface area contributed by atoms with Crippen molar-refractivity contribution in [3.05, 3.63) is 41.3 Å². The largest absolute Gasteiger partial charge is 0.618 e. The summed E-state index contributed by atoms with van der Waals surface area (Å²) in [5.74, 6) is 2.43. The molecule has 2 aromatic heterocycles. The van der Waals surface area contributed by atoms with E-state index in [1.807, 2.05) is 6.07 Å². The van der Waals surface area contributed by atoms with Crippen LogP contribution in [0.15, 0.2) is 33.9 Å². The van der Waals surface area contributed by atoms with Gasteiger partial charge in [0, 0.05) is 18.1 Å². The second-order valence-electron chi connectivity index (χ2n) is 3.97. The van der Waals surface area contributed by atoms with Crippen molar-refractivity contribution in [1.82, 2.24) is 10.1 Å². The van der Waals surface area contributed by atoms with Crippen molar-refractivity contribution in [2.24, 2.45) is 0 Å². The van der Waals surface area contributed by atoms with E-state index < -0.39 is 0 Å². The lowest BCUT2D eigenvalue weighted by atomic mass is 10.4. The summed E-state index contributed by atoms with van der Waals surface area (Å²) in [6, 6.07) is 5.31. The van der Waals surface area contributed by atoms with Crippen LogP contribution >= 0.6 is 11.8 Å². The van der Waals surface area contributed by atoms with Crippen LogP contribution in [-0.4, -0.2) is 10.1 Å². The normalized spacial score (nSPS) is 15.1. The standard InChI is InChI=1S/C11H11N3O2S/c15-14-6-2-1-3-10(14)17-7-9-12-11(13-16-9)8-4-5-8/h1-3,6,8H,4-5,7H2. The molecule has 0 saturated heterocycles. The summed E-state index contributed by atoms with van der Waals surface area (Å²) < 4.78 is 5.97. The minimum absolute atomic E-state index is 0.499. The lowest BCUT2D eigenvalue weighted by Crippen LogP contribution is -2.27. The second kappa shape index (κ2) is 4.37. The Morgan fingerprint density at radius 2 is 2.35 bits per heavy atom. The van der Waals surface area contributed by atoms with E-state index in [-0.39, 0.29) is 0 Å². The number of hydrogen-bond acceptors (Lipinski definition) is 5. The Morgan fingerprint density at radius 3 is 3.12 bits per heavy atom. The lowest BCUT2D eigenvalue weighted by molar-refractivity contribution is -0.645. The van der Waals surface area contributed by atoms with Crippen LogP contribution in [0.4, 0.5) is 0 Å². The fraction of sp³-hybridized carbons (Fsp3) is 0.364. The van der Waals surface area contributed by atoms with E-state index in [0.29, 0.717) is 22.6 Å². The van der Waals surface area contributed by atoms with Crippen LogP contribution in [0.5, 0.6) is 0 Å². The number of hydrogen-bond donors (Lipinski definition) is 0. The van der Waals surface area contributed by atoms with Crippen molar-refractivity contribution in [3.63, 3.8) is 0 Å². The molecule has 6 heteroatoms. The fourth-order valence-corrected chi connectivity index (χ4v) is 2.25. The molecule has 5 nitrogen and oxygen atoms in total. The molecule has 0 atom stereocenters. The Balaban J connectivity index is 1.65. The van der Waals surface area contributed by atoms with Gasteiger partial charge in [0.1, 0.15) is 0 Å². The van der Waals surface area contributed by atoms with Gasteiger partial charge in [-0.1, -0.05) is 5.16 Å². The lowest BCUT2D eigenvalue weighted by Gasteiger charge is -2.00. The summed E-state index contributed by atoms with van der Waals surface area (Å²) in [4.78, 5) is 4.31. The molecule has 0 aromatic carbocycles. The van der Waals surface area contributed by atoms with Crippen LogP contribution in [0.3, 0.4) is 0 Å². The third-order valence-corrected chi connectivity index (χ3v) is 3.56. The molecule has 1 fully saturated rings. The molecule has 0 bridgehead atoms. The smallest absolute Gasteiger partial charge is 0.251 e. The zero-order chi connectivity index (χ0) is 11.7. The van der Waals surface area contributed by atoms with Gasteiger partial charge in [0.05, 0.1) is 5.75 Å². The van der Waals surface area contributed by atoms with E-state index in [1.54, 1.807) is 12.1 Å². The van der Waals surface area contributed by atoms with Crippen LogP contribution < -0.4 is 4.73 Å². The molecule has 0 N–H and O–H groups in total. The van der Waals surface area contributed by atoms with Gasteiger partial charge in [-0.2, -0.15) is 9.71 Å². The second-order valence-corrected chi connectivity index (χ2v) is 4.97. The maximum Gasteiger partial charge on any atom is 0.251 e. The summed E-state index contributed by atoms with van der Waals surface area (Å²) in [5.41, 5.74) is 0. The topological polar surface area (TPSA) is 65.9 Å². The minimum Gasteiger partial charge on any atom is -0.618 e. The molecule has 0 unspecified atom stereocenters. The number of thioether (sulfide) groups is 1. The average Bonchev–Trinajstić information content (AvgIpc) is 3.08. The van der Waals surface area contributed by atoms with E-state index in [2.05, 4.69) is 10.1 Å². The molecule has 0 amide bonds. The molecular formula is C11H11N3O2S. The van der Waals surface area contributed by atoms with E-state index >= 15 is 0 Å². The van der Waals surface area contributed by atoms with Crippen LogP contribution in [0.25, 0.3) is 0 Å². The van der Waals surface area contributed by atoms with Crippen molar-refractivity contribution >= 4 is 11.8 Å². The quantitative estimate of drug-likeness (QED) is 0.470. The molecule has 0 spiro atoms. The highest BCUT2D eigenvalue weighted by Gasteiger charge is 2.28. The van der Waals surface area contributed by atoms with Crippen LogP contribution in [-0.2, 0) is 5.75 Å². The van der Waals surface area contributed by atoms with Crippen molar-refractivity contribution < 1.29 is 9.25 Å². The third kappa shape index (κ3) is 2.41. The molecule has 2 aromatic rings. The monoisotopic (exact) mass is 249 g/mol. The molecule has 1 aliphatic carbocycles. The Morgan fingerprint density at radius 1 is 1.47 bits per heavy atom. The highest BCUT2D eigenvalue weighted by molar-refractivity contribution is 7.98. The average molecular weight is 249 g/mol. The van der Waals surface area contributed by atoms with E-state index in [0.717, 1.165) is 23.4 Å². The number of nitrogens with zero attached hydrogens (tertiary/aromatic N) is 3. The Hall–Kier alpha value is -1.56. The number of rotatable bonds is 4. The SMILES string of the molecule is [O-][n+]1ccccc1SCc1nc(C2CC2)no1. The van der Waals surface area contributed by atoms with Gasteiger partial charge in [0.25, 0.3) is 5.03 Å².